The Labute approximate surface area is 481 Å². The number of H-pyrrole nitrogens is 1. The molecule has 0 spiro atoms. The van der Waals surface area contributed by atoms with E-state index in [1.54, 1.807) is 22.7 Å². The Balaban J connectivity index is 0.000000121. The maximum atomic E-state index is 4.95. The number of benzene rings is 10. The van der Waals surface area contributed by atoms with Crippen molar-refractivity contribution in [1.82, 2.24) is 49.4 Å². The highest BCUT2D eigenvalue weighted by Gasteiger charge is 2.19. The summed E-state index contributed by atoms with van der Waals surface area (Å²) in [7, 11) is 0. The number of aromatic nitrogens is 10. The second kappa shape index (κ2) is 21.7. The van der Waals surface area contributed by atoms with E-state index in [0.29, 0.717) is 34.9 Å². The molecule has 0 unspecified atom stereocenters. The van der Waals surface area contributed by atoms with E-state index in [9.17, 15) is 0 Å². The molecule has 0 fully saturated rings. The SMILES string of the molecule is Brc1cccc(-c2nc(-c3ccccc3)nc(-c3ccccc3)n2)c1.c1ccc(-c2nc(-c3ccccc3)nc(-c3cccc(-n4c5ccccc5c5ccc6ncsc6c54)c3)n2)cc1.c1ccc2c(c1)[nH]c1c2ccc2ncsc21. The van der Waals surface area contributed by atoms with E-state index >= 15 is 0 Å². The minimum Gasteiger partial charge on any atom is -0.353 e. The number of nitrogens with one attached hydrogen (secondary N) is 1. The van der Waals surface area contributed by atoms with E-state index in [4.69, 9.17) is 24.9 Å². The Kier molecular flexibility index (Phi) is 13.2. The van der Waals surface area contributed by atoms with Gasteiger partial charge in [-0.05, 0) is 60.7 Å². The number of thiazole rings is 2. The van der Waals surface area contributed by atoms with Crippen LogP contribution in [0, 0.1) is 0 Å². The lowest BCUT2D eigenvalue weighted by Crippen LogP contribution is -2.01. The van der Waals surface area contributed by atoms with Crippen molar-refractivity contribution in [2.24, 2.45) is 0 Å². The summed E-state index contributed by atoms with van der Waals surface area (Å²) >= 11 is 6.88. The fourth-order valence-electron chi connectivity index (χ4n) is 10.2. The predicted octanol–water partition coefficient (Wildman–Crippen LogP) is 18.1. The molecule has 1 N–H and O–H groups in total. The van der Waals surface area contributed by atoms with Gasteiger partial charge in [-0.3, -0.25) is 0 Å². The standard InChI is InChI=1S/C34H21N5S.C21H14BrN3.C13H8N2S/c1-3-10-22(11-4-1)32-36-33(23-12-5-2-6-13-23)38-34(37-32)24-14-9-15-25(20-24)39-29-17-8-7-16-26(29)27-18-19-28-31(30(27)39)40-21-35-28;22-18-13-7-12-17(14-18)21-24-19(15-8-3-1-4-9-15)23-20(25-21)16-10-5-2-6-11-16;1-2-4-10-8(3-1)9-5-6-11-13(12(9)15-10)16-7-14-11/h1-21H;1-14H;1-7,15H. The monoisotopic (exact) mass is 1140 g/mol. The zero-order valence-corrected chi connectivity index (χ0v) is 46.2. The number of nitrogens with zero attached hydrogens (tertiary/aromatic N) is 9. The number of hydrogen-bond donors (Lipinski definition) is 1. The molecule has 16 rings (SSSR count). The van der Waals surface area contributed by atoms with Gasteiger partial charge in [0.1, 0.15) is 0 Å². The smallest absolute Gasteiger partial charge is 0.164 e. The molecule has 384 valence electrons. The van der Waals surface area contributed by atoms with Crippen molar-refractivity contribution in [2.45, 2.75) is 0 Å². The molecule has 81 heavy (non-hydrogen) atoms. The molecule has 16 aromatic rings. The van der Waals surface area contributed by atoms with Gasteiger partial charge in [-0.25, -0.2) is 39.9 Å². The van der Waals surface area contributed by atoms with E-state index in [2.05, 4.69) is 137 Å². The first-order valence-corrected chi connectivity index (χ1v) is 28.7. The minimum absolute atomic E-state index is 0.637. The first kappa shape index (κ1) is 49.4. The Morgan fingerprint density at radius 2 is 0.778 bits per heavy atom. The quantitative estimate of drug-likeness (QED) is 0.167. The summed E-state index contributed by atoms with van der Waals surface area (Å²) in [5.74, 6) is 3.94. The molecule has 0 bridgehead atoms. The van der Waals surface area contributed by atoms with Crippen molar-refractivity contribution in [3.63, 3.8) is 0 Å². The summed E-state index contributed by atoms with van der Waals surface area (Å²) in [5, 5.41) is 5.01. The summed E-state index contributed by atoms with van der Waals surface area (Å²) in [6, 6.07) is 82.0. The zero-order chi connectivity index (χ0) is 54.1. The van der Waals surface area contributed by atoms with Crippen LogP contribution in [0.25, 0.3) is 138 Å². The van der Waals surface area contributed by atoms with Crippen LogP contribution < -0.4 is 0 Å². The van der Waals surface area contributed by atoms with Crippen molar-refractivity contribution in [3.8, 4) is 74.0 Å². The van der Waals surface area contributed by atoms with Crippen LogP contribution in [-0.2, 0) is 0 Å². The van der Waals surface area contributed by atoms with Crippen LogP contribution in [0.2, 0.25) is 0 Å². The van der Waals surface area contributed by atoms with E-state index in [0.717, 1.165) is 60.1 Å². The van der Waals surface area contributed by atoms with Gasteiger partial charge in [0.05, 0.1) is 48.0 Å². The largest absolute Gasteiger partial charge is 0.353 e. The van der Waals surface area contributed by atoms with E-state index in [1.807, 2.05) is 157 Å². The lowest BCUT2D eigenvalue weighted by atomic mass is 10.1. The molecule has 0 aliphatic carbocycles. The molecular weight excluding hydrogens is 1100 g/mol. The van der Waals surface area contributed by atoms with Crippen molar-refractivity contribution in [1.29, 1.82) is 0 Å². The maximum Gasteiger partial charge on any atom is 0.164 e. The molecule has 13 heteroatoms. The van der Waals surface area contributed by atoms with Gasteiger partial charge < -0.3 is 9.55 Å². The molecule has 0 amide bonds. The third-order valence-corrected chi connectivity index (χ3v) is 16.2. The summed E-state index contributed by atoms with van der Waals surface area (Å²) < 4.78 is 5.75. The molecule has 6 heterocycles. The zero-order valence-electron chi connectivity index (χ0n) is 43.0. The van der Waals surface area contributed by atoms with Crippen molar-refractivity contribution in [3.05, 3.63) is 258 Å². The van der Waals surface area contributed by atoms with Gasteiger partial charge in [0.15, 0.2) is 34.9 Å². The Morgan fingerprint density at radius 3 is 1.33 bits per heavy atom. The number of fused-ring (bicyclic) bond motifs is 10. The van der Waals surface area contributed by atoms with Crippen LogP contribution in [0.1, 0.15) is 0 Å². The van der Waals surface area contributed by atoms with Crippen LogP contribution in [0.5, 0.6) is 0 Å². The number of hydrogen-bond acceptors (Lipinski definition) is 10. The molecule has 0 saturated carbocycles. The third kappa shape index (κ3) is 9.80. The van der Waals surface area contributed by atoms with E-state index in [-0.39, 0.29) is 0 Å². The van der Waals surface area contributed by atoms with Gasteiger partial charge in [0.2, 0.25) is 0 Å². The first-order chi connectivity index (χ1) is 40.1. The lowest BCUT2D eigenvalue weighted by Gasteiger charge is -2.11. The molecule has 0 radical (unpaired) electrons. The summed E-state index contributed by atoms with van der Waals surface area (Å²) in [4.78, 5) is 41.2. The molecule has 0 saturated heterocycles. The predicted molar refractivity (Wildman–Crippen MR) is 336 cm³/mol. The summed E-state index contributed by atoms with van der Waals surface area (Å²) in [5.41, 5.74) is 17.4. The highest BCUT2D eigenvalue weighted by atomic mass is 79.9. The third-order valence-electron chi connectivity index (χ3n) is 14.0. The fraction of sp³-hybridized carbons (Fsp3) is 0. The first-order valence-electron chi connectivity index (χ1n) is 26.1. The Bertz CT molecular complexity index is 4790. The van der Waals surface area contributed by atoms with Crippen molar-refractivity contribution in [2.75, 3.05) is 0 Å². The van der Waals surface area contributed by atoms with Crippen molar-refractivity contribution >= 4 is 103 Å². The average molecular weight is 1140 g/mol. The number of aromatic amines is 1. The van der Waals surface area contributed by atoms with Gasteiger partial charge >= 0.3 is 0 Å². The Morgan fingerprint density at radius 1 is 0.346 bits per heavy atom. The molecule has 10 aromatic carbocycles. The summed E-state index contributed by atoms with van der Waals surface area (Å²) in [6.45, 7) is 0. The van der Waals surface area contributed by atoms with Gasteiger partial charge in [0, 0.05) is 70.6 Å². The highest BCUT2D eigenvalue weighted by molar-refractivity contribution is 9.10. The van der Waals surface area contributed by atoms with Crippen LogP contribution in [0.4, 0.5) is 0 Å². The highest BCUT2D eigenvalue weighted by Crippen LogP contribution is 2.39. The molecule has 0 aliphatic rings. The van der Waals surface area contributed by atoms with Crippen LogP contribution in [0.15, 0.2) is 258 Å². The molecule has 10 nitrogen and oxygen atoms in total. The van der Waals surface area contributed by atoms with E-state index in [1.165, 1.54) is 47.5 Å². The second-order valence-corrected chi connectivity index (χ2v) is 21.6. The van der Waals surface area contributed by atoms with Crippen LogP contribution >= 0.6 is 38.6 Å². The fourth-order valence-corrected chi connectivity index (χ4v) is 12.2. The molecule has 0 atom stereocenters. The lowest BCUT2D eigenvalue weighted by molar-refractivity contribution is 1.07. The van der Waals surface area contributed by atoms with Gasteiger partial charge in [-0.1, -0.05) is 198 Å². The topological polar surface area (TPSA) is 124 Å². The maximum absolute atomic E-state index is 4.95. The number of rotatable bonds is 7. The minimum atomic E-state index is 0.637. The average Bonchev–Trinajstić information content (AvgIpc) is 4.41. The summed E-state index contributed by atoms with van der Waals surface area (Å²) in [6.07, 6.45) is 0. The molecule has 0 aliphatic heterocycles. The Hall–Kier alpha value is -9.92. The van der Waals surface area contributed by atoms with Gasteiger partial charge in [-0.2, -0.15) is 0 Å². The second-order valence-electron chi connectivity index (χ2n) is 19.0. The van der Waals surface area contributed by atoms with Crippen molar-refractivity contribution < 1.29 is 0 Å². The molecule has 6 aromatic heterocycles. The normalized spacial score (nSPS) is 11.3. The van der Waals surface area contributed by atoms with Gasteiger partial charge in [0.25, 0.3) is 0 Å². The number of para-hydroxylation sites is 2. The van der Waals surface area contributed by atoms with Gasteiger partial charge in [-0.15, -0.1) is 22.7 Å². The van der Waals surface area contributed by atoms with Crippen LogP contribution in [-0.4, -0.2) is 49.4 Å². The number of halogens is 1. The van der Waals surface area contributed by atoms with Crippen LogP contribution in [0.3, 0.4) is 0 Å². The van der Waals surface area contributed by atoms with E-state index < -0.39 is 0 Å². The molecular formula is C68H43BrN10S2.